The third kappa shape index (κ3) is 2.40. The van der Waals surface area contributed by atoms with E-state index in [4.69, 9.17) is 5.11 Å². The van der Waals surface area contributed by atoms with Crippen LogP contribution in [-0.4, -0.2) is 27.3 Å². The number of carboxylic acids is 1. The highest BCUT2D eigenvalue weighted by Crippen LogP contribution is 2.46. The zero-order valence-corrected chi connectivity index (χ0v) is 10.1. The van der Waals surface area contributed by atoms with Gasteiger partial charge in [0.05, 0.1) is 10.8 Å². The van der Waals surface area contributed by atoms with Crippen LogP contribution in [0.5, 0.6) is 0 Å². The first-order valence-electron chi connectivity index (χ1n) is 4.28. The Balaban J connectivity index is 3.35. The molecule has 0 spiro atoms. The largest absolute Gasteiger partial charge is 0.481 e. The van der Waals surface area contributed by atoms with E-state index in [-0.39, 0.29) is 4.34 Å². The van der Waals surface area contributed by atoms with E-state index in [1.807, 2.05) is 0 Å². The lowest BCUT2D eigenvalue weighted by atomic mass is 9.87. The highest BCUT2D eigenvalue weighted by molar-refractivity contribution is 7.82. The smallest absolute Gasteiger partial charge is 0.423 e. The Labute approximate surface area is 104 Å². The average Bonchev–Trinajstić information content (AvgIpc) is 2.60. The maximum Gasteiger partial charge on any atom is 0.423 e. The number of thiol groups is 1. The fourth-order valence-corrected chi connectivity index (χ4v) is 2.43. The molecule has 0 bridgehead atoms. The van der Waals surface area contributed by atoms with Crippen molar-refractivity contribution >= 4 is 29.9 Å². The minimum Gasteiger partial charge on any atom is -0.481 e. The summed E-state index contributed by atoms with van der Waals surface area (Å²) >= 11 is 4.22. The van der Waals surface area contributed by atoms with Crippen LogP contribution in [0, 0.1) is 5.92 Å². The van der Waals surface area contributed by atoms with E-state index in [1.165, 1.54) is 0 Å². The van der Waals surface area contributed by atoms with Gasteiger partial charge in [0.2, 0.25) is 5.60 Å². The second-order valence-corrected chi connectivity index (χ2v) is 5.09. The van der Waals surface area contributed by atoms with Gasteiger partial charge in [-0.1, -0.05) is 0 Å². The Bertz CT molecular complexity index is 434. The number of nitrogens with zero attached hydrogens (tertiary/aromatic N) is 1. The van der Waals surface area contributed by atoms with Crippen molar-refractivity contribution < 1.29 is 28.2 Å². The number of thiazole rings is 1. The number of halogens is 3. The molecule has 2 atom stereocenters. The van der Waals surface area contributed by atoms with Crippen molar-refractivity contribution in [1.29, 1.82) is 0 Å². The molecule has 1 rings (SSSR count). The molecule has 2 N–H and O–H groups in total. The Morgan fingerprint density at radius 2 is 2.12 bits per heavy atom. The van der Waals surface area contributed by atoms with Crippen molar-refractivity contribution in [3.05, 3.63) is 11.1 Å². The molecule has 17 heavy (non-hydrogen) atoms. The molecule has 0 aromatic carbocycles. The Hall–Kier alpha value is -0.800. The van der Waals surface area contributed by atoms with Crippen molar-refractivity contribution in [3.63, 3.8) is 0 Å². The summed E-state index contributed by atoms with van der Waals surface area (Å²) in [5.74, 6) is -3.80. The number of alkyl halides is 3. The number of aromatic nitrogens is 1. The quantitative estimate of drug-likeness (QED) is 0.743. The van der Waals surface area contributed by atoms with Crippen LogP contribution in [0.4, 0.5) is 13.2 Å². The topological polar surface area (TPSA) is 70.4 Å². The molecule has 0 saturated carbocycles. The van der Waals surface area contributed by atoms with Crippen molar-refractivity contribution in [2.45, 2.75) is 23.0 Å². The SMILES string of the molecule is CC(C(=O)O)[C@](O)(c1cnc(S)s1)C(F)(F)F. The van der Waals surface area contributed by atoms with Gasteiger partial charge in [-0.15, -0.1) is 24.0 Å². The molecule has 1 unspecified atom stereocenters. The monoisotopic (exact) mass is 287 g/mol. The van der Waals surface area contributed by atoms with E-state index in [0.717, 1.165) is 13.1 Å². The van der Waals surface area contributed by atoms with Crippen molar-refractivity contribution in [1.82, 2.24) is 4.98 Å². The normalized spacial score (nSPS) is 17.5. The van der Waals surface area contributed by atoms with Gasteiger partial charge in [-0.25, -0.2) is 4.98 Å². The number of hydrogen-bond donors (Lipinski definition) is 3. The first-order valence-corrected chi connectivity index (χ1v) is 5.54. The maximum absolute atomic E-state index is 12.9. The average molecular weight is 287 g/mol. The number of hydrogen-bond acceptors (Lipinski definition) is 5. The molecule has 96 valence electrons. The number of aliphatic carboxylic acids is 1. The minimum atomic E-state index is -5.11. The predicted molar refractivity (Wildman–Crippen MR) is 56.1 cm³/mol. The van der Waals surface area contributed by atoms with Gasteiger partial charge < -0.3 is 10.2 Å². The predicted octanol–water partition coefficient (Wildman–Crippen LogP) is 1.90. The van der Waals surface area contributed by atoms with Gasteiger partial charge in [0.1, 0.15) is 4.34 Å². The summed E-state index contributed by atoms with van der Waals surface area (Å²) in [6.07, 6.45) is -4.34. The van der Waals surface area contributed by atoms with Crippen LogP contribution in [0.2, 0.25) is 0 Å². The molecule has 0 amide bonds. The van der Waals surface area contributed by atoms with Gasteiger partial charge >= 0.3 is 12.1 Å². The summed E-state index contributed by atoms with van der Waals surface area (Å²) in [7, 11) is 0. The van der Waals surface area contributed by atoms with E-state index in [1.54, 1.807) is 0 Å². The molecule has 1 aromatic rings. The molecule has 0 radical (unpaired) electrons. The van der Waals surface area contributed by atoms with Crippen molar-refractivity contribution in [2.24, 2.45) is 5.92 Å². The Morgan fingerprint density at radius 3 is 2.41 bits per heavy atom. The molecule has 1 heterocycles. The minimum absolute atomic E-state index is 0.0141. The second-order valence-electron chi connectivity index (χ2n) is 3.33. The summed E-state index contributed by atoms with van der Waals surface area (Å²) in [6, 6.07) is 0. The summed E-state index contributed by atoms with van der Waals surface area (Å²) in [5.41, 5.74) is -3.46. The third-order valence-corrected chi connectivity index (χ3v) is 3.61. The molecular formula is C8H8F3NO3S2. The van der Waals surface area contributed by atoms with E-state index >= 15 is 0 Å². The van der Waals surface area contributed by atoms with E-state index in [0.29, 0.717) is 11.3 Å². The number of carbonyl (C=O) groups is 1. The van der Waals surface area contributed by atoms with Gasteiger partial charge in [-0.2, -0.15) is 13.2 Å². The molecular weight excluding hydrogens is 279 g/mol. The van der Waals surface area contributed by atoms with Crippen LogP contribution in [0.15, 0.2) is 10.5 Å². The van der Waals surface area contributed by atoms with E-state index < -0.39 is 28.5 Å². The summed E-state index contributed by atoms with van der Waals surface area (Å²) in [4.78, 5) is 13.6. The van der Waals surface area contributed by atoms with Crippen LogP contribution in [0.25, 0.3) is 0 Å². The lowest BCUT2D eigenvalue weighted by Crippen LogP contribution is -2.49. The first kappa shape index (κ1) is 14.3. The van der Waals surface area contributed by atoms with Gasteiger partial charge in [-0.05, 0) is 6.92 Å². The van der Waals surface area contributed by atoms with Gasteiger partial charge in [0.15, 0.2) is 0 Å². The maximum atomic E-state index is 12.9. The third-order valence-electron chi connectivity index (χ3n) is 2.30. The molecule has 0 aliphatic carbocycles. The lowest BCUT2D eigenvalue weighted by Gasteiger charge is -2.32. The molecule has 1 aromatic heterocycles. The molecule has 0 aliphatic heterocycles. The first-order chi connectivity index (χ1) is 7.60. The second kappa shape index (κ2) is 4.46. The van der Waals surface area contributed by atoms with Crippen LogP contribution >= 0.6 is 24.0 Å². The molecule has 4 nitrogen and oxygen atoms in total. The van der Waals surface area contributed by atoms with Gasteiger partial charge in [0, 0.05) is 6.20 Å². The number of rotatable bonds is 3. The number of carboxylic acid groups (broad SMARTS) is 1. The Morgan fingerprint density at radius 1 is 1.59 bits per heavy atom. The zero-order chi connectivity index (χ0) is 13.4. The molecule has 0 fully saturated rings. The standard InChI is InChI=1S/C8H8F3NO3S2/c1-3(5(13)14)7(15,8(9,10)11)4-2-12-6(16)17-4/h2-3,15H,1H3,(H,12,16)(H,13,14)/t3?,7-/m0/s1. The molecule has 9 heteroatoms. The van der Waals surface area contributed by atoms with E-state index in [2.05, 4.69) is 17.6 Å². The van der Waals surface area contributed by atoms with Crippen LogP contribution in [0.1, 0.15) is 11.8 Å². The van der Waals surface area contributed by atoms with E-state index in [9.17, 15) is 23.1 Å². The summed E-state index contributed by atoms with van der Waals surface area (Å²) in [5, 5.41) is 18.4. The molecule has 0 aliphatic rings. The van der Waals surface area contributed by atoms with Crippen LogP contribution < -0.4 is 0 Å². The fourth-order valence-electron chi connectivity index (χ4n) is 1.22. The molecule has 0 saturated heterocycles. The van der Waals surface area contributed by atoms with Crippen LogP contribution in [-0.2, 0) is 10.4 Å². The van der Waals surface area contributed by atoms with Gasteiger partial charge in [0.25, 0.3) is 0 Å². The van der Waals surface area contributed by atoms with Crippen molar-refractivity contribution in [3.8, 4) is 0 Å². The summed E-state index contributed by atoms with van der Waals surface area (Å²) in [6.45, 7) is 0.785. The zero-order valence-electron chi connectivity index (χ0n) is 8.39. The lowest BCUT2D eigenvalue weighted by molar-refractivity contribution is -0.282. The van der Waals surface area contributed by atoms with Crippen LogP contribution in [0.3, 0.4) is 0 Å². The highest BCUT2D eigenvalue weighted by atomic mass is 32.2. The van der Waals surface area contributed by atoms with Crippen molar-refractivity contribution in [2.75, 3.05) is 0 Å². The summed E-state index contributed by atoms with van der Waals surface area (Å²) < 4.78 is 38.6. The Kier molecular flexibility index (Phi) is 3.75. The van der Waals surface area contributed by atoms with Gasteiger partial charge in [-0.3, -0.25) is 4.79 Å². The number of aliphatic hydroxyl groups is 1. The highest BCUT2D eigenvalue weighted by Gasteiger charge is 2.61. The fraction of sp³-hybridized carbons (Fsp3) is 0.500.